The highest BCUT2D eigenvalue weighted by Crippen LogP contribution is 2.19. The van der Waals surface area contributed by atoms with E-state index in [1.807, 2.05) is 38.2 Å². The minimum atomic E-state index is 0.00975. The van der Waals surface area contributed by atoms with Crippen LogP contribution < -0.4 is 10.6 Å². The zero-order valence-corrected chi connectivity index (χ0v) is 12.3. The average Bonchev–Trinajstić information content (AvgIpc) is 2.36. The molecule has 0 spiro atoms. The van der Waals surface area contributed by atoms with E-state index in [2.05, 4.69) is 10.6 Å². The maximum atomic E-state index is 11.6. The Hall–Kier alpha value is -0.710. The van der Waals surface area contributed by atoms with Crippen LogP contribution in [-0.4, -0.2) is 31.8 Å². The summed E-state index contributed by atoms with van der Waals surface area (Å²) in [5.41, 5.74) is 0. The number of carbonyl (C=O) groups is 1. The maximum absolute atomic E-state index is 11.6. The first kappa shape index (κ1) is 15.3. The normalized spacial score (nSPS) is 12.2. The van der Waals surface area contributed by atoms with Crippen molar-refractivity contribution in [2.75, 3.05) is 25.9 Å². The van der Waals surface area contributed by atoms with E-state index < -0.39 is 0 Å². The van der Waals surface area contributed by atoms with Crippen molar-refractivity contribution in [3.63, 3.8) is 0 Å². The molecule has 0 aliphatic rings. The highest BCUT2D eigenvalue weighted by atomic mass is 35.5. The van der Waals surface area contributed by atoms with Crippen LogP contribution in [0.4, 0.5) is 0 Å². The summed E-state index contributed by atoms with van der Waals surface area (Å²) in [5, 5.41) is 6.66. The smallest absolute Gasteiger partial charge is 0.224 e. The second-order valence-electron chi connectivity index (χ2n) is 4.05. The first-order chi connectivity index (χ1) is 8.63. The van der Waals surface area contributed by atoms with Crippen LogP contribution in [0.1, 0.15) is 6.92 Å². The van der Waals surface area contributed by atoms with Crippen molar-refractivity contribution >= 4 is 29.3 Å². The van der Waals surface area contributed by atoms with E-state index in [-0.39, 0.29) is 11.8 Å². The van der Waals surface area contributed by atoms with Gasteiger partial charge in [0.2, 0.25) is 5.91 Å². The first-order valence-electron chi connectivity index (χ1n) is 5.94. The fourth-order valence-corrected chi connectivity index (χ4v) is 2.34. The summed E-state index contributed by atoms with van der Waals surface area (Å²) in [6.07, 6.45) is 0. The molecular weight excluding hydrogens is 268 g/mol. The predicted octanol–water partition coefficient (Wildman–Crippen LogP) is 2.40. The van der Waals surface area contributed by atoms with Gasteiger partial charge in [-0.3, -0.25) is 4.79 Å². The zero-order chi connectivity index (χ0) is 13.4. The molecule has 0 aliphatic heterocycles. The third-order valence-electron chi connectivity index (χ3n) is 2.44. The fraction of sp³-hybridized carbons (Fsp3) is 0.462. The van der Waals surface area contributed by atoms with E-state index in [0.717, 1.165) is 15.7 Å². The van der Waals surface area contributed by atoms with Crippen molar-refractivity contribution in [3.05, 3.63) is 29.3 Å². The predicted molar refractivity (Wildman–Crippen MR) is 78.3 cm³/mol. The Bertz CT molecular complexity index is 370. The second-order valence-corrected chi connectivity index (χ2v) is 5.66. The Morgan fingerprint density at radius 1 is 1.39 bits per heavy atom. The van der Waals surface area contributed by atoms with Gasteiger partial charge in [-0.1, -0.05) is 18.5 Å². The average molecular weight is 287 g/mol. The Morgan fingerprint density at radius 3 is 2.67 bits per heavy atom. The Labute approximate surface area is 118 Å². The van der Waals surface area contributed by atoms with Crippen LogP contribution in [0.2, 0.25) is 5.02 Å². The number of nitrogens with one attached hydrogen (secondary N) is 2. The molecule has 0 saturated carbocycles. The van der Waals surface area contributed by atoms with Gasteiger partial charge < -0.3 is 10.6 Å². The van der Waals surface area contributed by atoms with Crippen LogP contribution in [-0.2, 0) is 4.79 Å². The molecule has 1 rings (SSSR count). The van der Waals surface area contributed by atoms with Crippen LogP contribution in [0.25, 0.3) is 0 Å². The van der Waals surface area contributed by atoms with E-state index in [1.54, 1.807) is 11.8 Å². The topological polar surface area (TPSA) is 41.1 Å². The molecule has 2 N–H and O–H groups in total. The van der Waals surface area contributed by atoms with Gasteiger partial charge in [-0.25, -0.2) is 0 Å². The molecule has 0 heterocycles. The number of benzene rings is 1. The van der Waals surface area contributed by atoms with E-state index >= 15 is 0 Å². The third-order valence-corrected chi connectivity index (χ3v) is 3.71. The minimum absolute atomic E-state index is 0.00975. The van der Waals surface area contributed by atoms with Crippen molar-refractivity contribution < 1.29 is 4.79 Å². The van der Waals surface area contributed by atoms with Crippen molar-refractivity contribution in [3.8, 4) is 0 Å². The quantitative estimate of drug-likeness (QED) is 0.597. The summed E-state index contributed by atoms with van der Waals surface area (Å²) in [6, 6.07) is 7.71. The van der Waals surface area contributed by atoms with Crippen molar-refractivity contribution in [2.24, 2.45) is 5.92 Å². The van der Waals surface area contributed by atoms with Crippen LogP contribution >= 0.6 is 23.4 Å². The van der Waals surface area contributed by atoms with Crippen molar-refractivity contribution in [1.29, 1.82) is 0 Å². The molecule has 0 saturated heterocycles. The van der Waals surface area contributed by atoms with E-state index in [4.69, 9.17) is 11.6 Å². The fourth-order valence-electron chi connectivity index (χ4n) is 1.45. The van der Waals surface area contributed by atoms with Gasteiger partial charge in [-0.15, -0.1) is 11.8 Å². The lowest BCUT2D eigenvalue weighted by atomic mass is 10.1. The first-order valence-corrected chi connectivity index (χ1v) is 7.30. The highest BCUT2D eigenvalue weighted by Gasteiger charge is 2.10. The number of hydrogen-bond donors (Lipinski definition) is 2. The van der Waals surface area contributed by atoms with Crippen LogP contribution in [0.5, 0.6) is 0 Å². The number of hydrogen-bond acceptors (Lipinski definition) is 3. The number of rotatable bonds is 7. The molecule has 18 heavy (non-hydrogen) atoms. The molecule has 1 unspecified atom stereocenters. The van der Waals surface area contributed by atoms with Gasteiger partial charge in [0.1, 0.15) is 0 Å². The lowest BCUT2D eigenvalue weighted by molar-refractivity contribution is -0.124. The van der Waals surface area contributed by atoms with Gasteiger partial charge in [0.05, 0.1) is 0 Å². The van der Waals surface area contributed by atoms with E-state index in [0.29, 0.717) is 13.1 Å². The maximum Gasteiger partial charge on any atom is 0.224 e. The monoisotopic (exact) mass is 286 g/mol. The van der Waals surface area contributed by atoms with Crippen molar-refractivity contribution in [1.82, 2.24) is 10.6 Å². The molecule has 100 valence electrons. The molecule has 0 aliphatic carbocycles. The number of halogens is 1. The van der Waals surface area contributed by atoms with E-state index in [1.165, 1.54) is 0 Å². The highest BCUT2D eigenvalue weighted by molar-refractivity contribution is 7.99. The molecular formula is C13H19ClN2OS. The van der Waals surface area contributed by atoms with Gasteiger partial charge in [0, 0.05) is 34.7 Å². The van der Waals surface area contributed by atoms with Gasteiger partial charge in [0.15, 0.2) is 0 Å². The third kappa shape index (κ3) is 5.76. The Kier molecular flexibility index (Phi) is 7.16. The summed E-state index contributed by atoms with van der Waals surface area (Å²) in [7, 11) is 1.85. The molecule has 1 amide bonds. The zero-order valence-electron chi connectivity index (χ0n) is 10.7. The number of carbonyl (C=O) groups excluding carboxylic acids is 1. The summed E-state index contributed by atoms with van der Waals surface area (Å²) in [4.78, 5) is 12.8. The van der Waals surface area contributed by atoms with Gasteiger partial charge in [0.25, 0.3) is 0 Å². The molecule has 0 fully saturated rings. The molecule has 5 heteroatoms. The molecule has 0 radical (unpaired) electrons. The Balaban J connectivity index is 2.18. The second kappa shape index (κ2) is 8.40. The lowest BCUT2D eigenvalue weighted by Crippen LogP contribution is -2.35. The summed E-state index contributed by atoms with van der Waals surface area (Å²) in [5.74, 6) is 0.969. The molecule has 1 atom stereocenters. The van der Waals surface area contributed by atoms with Gasteiger partial charge in [-0.2, -0.15) is 0 Å². The molecule has 3 nitrogen and oxygen atoms in total. The molecule has 1 aromatic carbocycles. The SMILES string of the molecule is CNCC(C)C(=O)NCCSc1ccc(Cl)cc1. The minimum Gasteiger partial charge on any atom is -0.355 e. The number of thioether (sulfide) groups is 1. The summed E-state index contributed by atoms with van der Waals surface area (Å²) >= 11 is 7.51. The molecule has 1 aromatic rings. The summed E-state index contributed by atoms with van der Waals surface area (Å²) < 4.78 is 0. The molecule has 0 aromatic heterocycles. The van der Waals surface area contributed by atoms with Crippen LogP contribution in [0.15, 0.2) is 29.2 Å². The van der Waals surface area contributed by atoms with Crippen molar-refractivity contribution in [2.45, 2.75) is 11.8 Å². The standard InChI is InChI=1S/C13H19ClN2OS/c1-10(9-15-2)13(17)16-7-8-18-12-5-3-11(14)4-6-12/h3-6,10,15H,7-9H2,1-2H3,(H,16,17). The lowest BCUT2D eigenvalue weighted by Gasteiger charge is -2.11. The van der Waals surface area contributed by atoms with E-state index in [9.17, 15) is 4.79 Å². The number of amides is 1. The van der Waals surface area contributed by atoms with Crippen LogP contribution in [0, 0.1) is 5.92 Å². The largest absolute Gasteiger partial charge is 0.355 e. The van der Waals surface area contributed by atoms with Crippen LogP contribution in [0.3, 0.4) is 0 Å². The van der Waals surface area contributed by atoms with Gasteiger partial charge >= 0.3 is 0 Å². The van der Waals surface area contributed by atoms with Gasteiger partial charge in [-0.05, 0) is 31.3 Å². The summed E-state index contributed by atoms with van der Waals surface area (Å²) in [6.45, 7) is 3.30. The Morgan fingerprint density at radius 2 is 2.06 bits per heavy atom. The molecule has 0 bridgehead atoms.